The highest BCUT2D eigenvalue weighted by atomic mass is 16.6. The SMILES string of the molecule is CC(C)(C)OC(=O)CCOCCNC(=O)OC(C)(C)C. The molecule has 118 valence electrons. The van der Waals surface area contributed by atoms with Crippen LogP contribution in [0, 0.1) is 0 Å². The molecule has 0 aliphatic rings. The van der Waals surface area contributed by atoms with Gasteiger partial charge in [0.2, 0.25) is 0 Å². The zero-order valence-corrected chi connectivity index (χ0v) is 13.4. The third kappa shape index (κ3) is 13.1. The van der Waals surface area contributed by atoms with Crippen molar-refractivity contribution in [1.82, 2.24) is 5.32 Å². The van der Waals surface area contributed by atoms with E-state index < -0.39 is 17.3 Å². The molecule has 0 saturated heterocycles. The molecule has 0 radical (unpaired) electrons. The van der Waals surface area contributed by atoms with Crippen LogP contribution in [-0.4, -0.2) is 43.0 Å². The van der Waals surface area contributed by atoms with Crippen LogP contribution in [0.25, 0.3) is 0 Å². The molecule has 0 fully saturated rings. The molecule has 0 rings (SSSR count). The van der Waals surface area contributed by atoms with Crippen molar-refractivity contribution in [3.05, 3.63) is 0 Å². The van der Waals surface area contributed by atoms with Crippen molar-refractivity contribution < 1.29 is 23.8 Å². The second-order valence-corrected chi connectivity index (χ2v) is 6.38. The van der Waals surface area contributed by atoms with Crippen LogP contribution >= 0.6 is 0 Å². The molecule has 20 heavy (non-hydrogen) atoms. The lowest BCUT2D eigenvalue weighted by Gasteiger charge is -2.20. The molecule has 0 unspecified atom stereocenters. The Morgan fingerprint density at radius 3 is 1.95 bits per heavy atom. The minimum Gasteiger partial charge on any atom is -0.460 e. The lowest BCUT2D eigenvalue weighted by atomic mass is 10.2. The fourth-order valence-corrected chi connectivity index (χ4v) is 1.19. The molecule has 0 saturated carbocycles. The van der Waals surface area contributed by atoms with Crippen molar-refractivity contribution in [2.45, 2.75) is 59.2 Å². The predicted octanol–water partition coefficient (Wildman–Crippen LogP) is 2.26. The quantitative estimate of drug-likeness (QED) is 0.599. The van der Waals surface area contributed by atoms with Gasteiger partial charge in [-0.05, 0) is 41.5 Å². The maximum Gasteiger partial charge on any atom is 0.407 e. The number of hydrogen-bond acceptors (Lipinski definition) is 5. The van der Waals surface area contributed by atoms with Crippen LogP contribution in [0.4, 0.5) is 4.79 Å². The summed E-state index contributed by atoms with van der Waals surface area (Å²) in [6, 6.07) is 0. The van der Waals surface area contributed by atoms with E-state index in [2.05, 4.69) is 5.32 Å². The van der Waals surface area contributed by atoms with Crippen LogP contribution in [0.15, 0.2) is 0 Å². The number of alkyl carbamates (subject to hydrolysis) is 1. The highest BCUT2D eigenvalue weighted by Crippen LogP contribution is 2.08. The van der Waals surface area contributed by atoms with Gasteiger partial charge in [-0.3, -0.25) is 4.79 Å². The molecule has 0 aromatic carbocycles. The van der Waals surface area contributed by atoms with Gasteiger partial charge in [0.15, 0.2) is 0 Å². The van der Waals surface area contributed by atoms with Gasteiger partial charge < -0.3 is 19.5 Å². The molecule has 0 aromatic rings. The van der Waals surface area contributed by atoms with Gasteiger partial charge >= 0.3 is 12.1 Å². The van der Waals surface area contributed by atoms with E-state index in [0.717, 1.165) is 0 Å². The average Bonchev–Trinajstić information content (AvgIpc) is 2.17. The molecule has 0 aromatic heterocycles. The van der Waals surface area contributed by atoms with Gasteiger partial charge in [0.1, 0.15) is 11.2 Å². The number of amides is 1. The molecule has 6 nitrogen and oxygen atoms in total. The zero-order chi connectivity index (χ0) is 15.8. The number of carbonyl (C=O) groups is 2. The molecule has 1 amide bonds. The molecule has 0 heterocycles. The van der Waals surface area contributed by atoms with E-state index in [1.54, 1.807) is 20.8 Å². The normalized spacial score (nSPS) is 11.9. The van der Waals surface area contributed by atoms with E-state index in [1.807, 2.05) is 20.8 Å². The van der Waals surface area contributed by atoms with Crippen molar-refractivity contribution in [2.24, 2.45) is 0 Å². The Morgan fingerprint density at radius 2 is 1.45 bits per heavy atom. The Kier molecular flexibility index (Phi) is 7.57. The Hall–Kier alpha value is -1.30. The molecule has 0 spiro atoms. The van der Waals surface area contributed by atoms with Gasteiger partial charge in [-0.2, -0.15) is 0 Å². The first-order valence-electron chi connectivity index (χ1n) is 6.76. The highest BCUT2D eigenvalue weighted by molar-refractivity contribution is 5.69. The van der Waals surface area contributed by atoms with Crippen LogP contribution in [0.5, 0.6) is 0 Å². The maximum absolute atomic E-state index is 11.4. The van der Waals surface area contributed by atoms with Gasteiger partial charge in [-0.1, -0.05) is 0 Å². The summed E-state index contributed by atoms with van der Waals surface area (Å²) in [7, 11) is 0. The van der Waals surface area contributed by atoms with Crippen LogP contribution in [0.1, 0.15) is 48.0 Å². The van der Waals surface area contributed by atoms with Crippen molar-refractivity contribution in [2.75, 3.05) is 19.8 Å². The van der Waals surface area contributed by atoms with E-state index in [-0.39, 0.29) is 19.0 Å². The largest absolute Gasteiger partial charge is 0.460 e. The number of carbonyl (C=O) groups excluding carboxylic acids is 2. The fourth-order valence-electron chi connectivity index (χ4n) is 1.19. The first-order valence-corrected chi connectivity index (χ1v) is 6.76. The van der Waals surface area contributed by atoms with Gasteiger partial charge in [-0.25, -0.2) is 4.79 Å². The first-order chi connectivity index (χ1) is 8.99. The molecule has 0 atom stereocenters. The molecular weight excluding hydrogens is 262 g/mol. The first kappa shape index (κ1) is 18.7. The lowest BCUT2D eigenvalue weighted by molar-refractivity contribution is -0.156. The molecule has 6 heteroatoms. The molecule has 0 bridgehead atoms. The second-order valence-electron chi connectivity index (χ2n) is 6.38. The minimum absolute atomic E-state index is 0.198. The maximum atomic E-state index is 11.4. The highest BCUT2D eigenvalue weighted by Gasteiger charge is 2.16. The molecule has 0 aliphatic heterocycles. The summed E-state index contributed by atoms with van der Waals surface area (Å²) < 4.78 is 15.4. The topological polar surface area (TPSA) is 73.9 Å². The number of rotatable bonds is 6. The number of nitrogens with one attached hydrogen (secondary N) is 1. The van der Waals surface area contributed by atoms with Crippen molar-refractivity contribution >= 4 is 12.1 Å². The van der Waals surface area contributed by atoms with Crippen molar-refractivity contribution in [3.63, 3.8) is 0 Å². The molecular formula is C14H27NO5. The fraction of sp³-hybridized carbons (Fsp3) is 0.857. The Labute approximate surface area is 121 Å². The number of hydrogen-bond donors (Lipinski definition) is 1. The summed E-state index contributed by atoms with van der Waals surface area (Å²) in [5, 5.41) is 2.56. The van der Waals surface area contributed by atoms with Crippen LogP contribution in [0.2, 0.25) is 0 Å². The predicted molar refractivity (Wildman–Crippen MR) is 75.5 cm³/mol. The third-order valence-electron chi connectivity index (χ3n) is 1.79. The van der Waals surface area contributed by atoms with Gasteiger partial charge in [-0.15, -0.1) is 0 Å². The minimum atomic E-state index is -0.512. The zero-order valence-electron chi connectivity index (χ0n) is 13.4. The van der Waals surface area contributed by atoms with Crippen molar-refractivity contribution in [3.8, 4) is 0 Å². The summed E-state index contributed by atoms with van der Waals surface area (Å²) >= 11 is 0. The summed E-state index contributed by atoms with van der Waals surface area (Å²) in [6.45, 7) is 11.8. The Balaban J connectivity index is 3.54. The second kappa shape index (κ2) is 8.09. The number of ether oxygens (including phenoxy) is 3. The van der Waals surface area contributed by atoms with Crippen LogP contribution < -0.4 is 5.32 Å². The van der Waals surface area contributed by atoms with E-state index in [0.29, 0.717) is 13.2 Å². The van der Waals surface area contributed by atoms with Crippen LogP contribution in [-0.2, 0) is 19.0 Å². The van der Waals surface area contributed by atoms with Crippen LogP contribution in [0.3, 0.4) is 0 Å². The monoisotopic (exact) mass is 289 g/mol. The smallest absolute Gasteiger partial charge is 0.407 e. The number of esters is 1. The Bertz CT molecular complexity index is 283. The van der Waals surface area contributed by atoms with Crippen molar-refractivity contribution in [1.29, 1.82) is 0 Å². The lowest BCUT2D eigenvalue weighted by Crippen LogP contribution is -2.34. The third-order valence-corrected chi connectivity index (χ3v) is 1.79. The summed E-state index contributed by atoms with van der Waals surface area (Å²) in [4.78, 5) is 22.7. The van der Waals surface area contributed by atoms with E-state index >= 15 is 0 Å². The van der Waals surface area contributed by atoms with E-state index in [1.165, 1.54) is 0 Å². The molecule has 0 aliphatic carbocycles. The summed E-state index contributed by atoms with van der Waals surface area (Å²) in [5.41, 5.74) is -0.989. The summed E-state index contributed by atoms with van der Waals surface area (Å²) in [6.07, 6.45) is -0.280. The van der Waals surface area contributed by atoms with Gasteiger partial charge in [0.05, 0.1) is 19.6 Å². The average molecular weight is 289 g/mol. The van der Waals surface area contributed by atoms with E-state index in [4.69, 9.17) is 14.2 Å². The molecule has 1 N–H and O–H groups in total. The van der Waals surface area contributed by atoms with Gasteiger partial charge in [0.25, 0.3) is 0 Å². The van der Waals surface area contributed by atoms with E-state index in [9.17, 15) is 9.59 Å². The summed E-state index contributed by atoms with van der Waals surface area (Å²) in [5.74, 6) is -0.294. The van der Waals surface area contributed by atoms with Gasteiger partial charge in [0, 0.05) is 6.54 Å². The Morgan fingerprint density at radius 1 is 0.900 bits per heavy atom. The standard InChI is InChI=1S/C14H27NO5/c1-13(2,3)19-11(16)7-9-18-10-8-15-12(17)20-14(4,5)6/h7-10H2,1-6H3,(H,15,17).